The molecule has 1 aromatic heterocycles. The van der Waals surface area contributed by atoms with Gasteiger partial charge >= 0.3 is 0 Å². The third-order valence-electron chi connectivity index (χ3n) is 2.69. The first-order chi connectivity index (χ1) is 10.3. The van der Waals surface area contributed by atoms with E-state index in [1.165, 1.54) is 12.1 Å². The Morgan fingerprint density at radius 2 is 1.95 bits per heavy atom. The minimum Gasteiger partial charge on any atom is -0.325 e. The standard InChI is InChI=1S/C13H12Cl2N2O3S2/c1-8-2-3-9(6-10(8)14)17-12(18)7-16-22(19,20)13-5-4-11(15)21-13/h2-6,16H,7H2,1H3,(H,17,18). The number of amides is 1. The number of halogens is 2. The van der Waals surface area contributed by atoms with Crippen LogP contribution in [0.1, 0.15) is 5.56 Å². The van der Waals surface area contributed by atoms with E-state index < -0.39 is 15.9 Å². The zero-order valence-electron chi connectivity index (χ0n) is 11.4. The average Bonchev–Trinajstić information content (AvgIpc) is 2.88. The fourth-order valence-electron chi connectivity index (χ4n) is 1.55. The minimum atomic E-state index is -3.74. The molecular weight excluding hydrogens is 367 g/mol. The Kier molecular flexibility index (Phi) is 5.46. The Bertz CT molecular complexity index is 803. The largest absolute Gasteiger partial charge is 0.325 e. The summed E-state index contributed by atoms with van der Waals surface area (Å²) in [5, 5.41) is 3.09. The lowest BCUT2D eigenvalue weighted by Crippen LogP contribution is -2.32. The third kappa shape index (κ3) is 4.44. The van der Waals surface area contributed by atoms with Crippen molar-refractivity contribution in [1.29, 1.82) is 0 Å². The number of rotatable bonds is 5. The molecule has 9 heteroatoms. The van der Waals surface area contributed by atoms with Crippen LogP contribution < -0.4 is 10.0 Å². The number of carbonyl (C=O) groups is 1. The van der Waals surface area contributed by atoms with Crippen LogP contribution in [0.25, 0.3) is 0 Å². The van der Waals surface area contributed by atoms with Crippen LogP contribution in [0, 0.1) is 6.92 Å². The summed E-state index contributed by atoms with van der Waals surface area (Å²) >= 11 is 12.6. The summed E-state index contributed by atoms with van der Waals surface area (Å²) in [5.41, 5.74) is 1.38. The van der Waals surface area contributed by atoms with Gasteiger partial charge in [-0.1, -0.05) is 29.3 Å². The Morgan fingerprint density at radius 3 is 2.55 bits per heavy atom. The number of sulfonamides is 1. The highest BCUT2D eigenvalue weighted by Crippen LogP contribution is 2.25. The fraction of sp³-hybridized carbons (Fsp3) is 0.154. The van der Waals surface area contributed by atoms with E-state index in [1.54, 1.807) is 18.2 Å². The van der Waals surface area contributed by atoms with Gasteiger partial charge in [0.2, 0.25) is 5.91 Å². The van der Waals surface area contributed by atoms with E-state index in [2.05, 4.69) is 10.0 Å². The van der Waals surface area contributed by atoms with Crippen LogP contribution >= 0.6 is 34.5 Å². The van der Waals surface area contributed by atoms with Crippen molar-refractivity contribution in [2.45, 2.75) is 11.1 Å². The normalized spacial score (nSPS) is 11.4. The van der Waals surface area contributed by atoms with Crippen LogP contribution in [-0.4, -0.2) is 20.9 Å². The highest BCUT2D eigenvalue weighted by Gasteiger charge is 2.17. The van der Waals surface area contributed by atoms with E-state index in [4.69, 9.17) is 23.2 Å². The number of carbonyl (C=O) groups excluding carboxylic acids is 1. The maximum Gasteiger partial charge on any atom is 0.250 e. The molecule has 0 saturated heterocycles. The van der Waals surface area contributed by atoms with Gasteiger partial charge in [-0.05, 0) is 36.8 Å². The van der Waals surface area contributed by atoms with Crippen molar-refractivity contribution < 1.29 is 13.2 Å². The second kappa shape index (κ2) is 6.97. The van der Waals surface area contributed by atoms with Gasteiger partial charge in [-0.2, -0.15) is 0 Å². The average molecular weight is 379 g/mol. The van der Waals surface area contributed by atoms with Gasteiger partial charge in [0.25, 0.3) is 10.0 Å². The Hall–Kier alpha value is -1.12. The SMILES string of the molecule is Cc1ccc(NC(=O)CNS(=O)(=O)c2ccc(Cl)s2)cc1Cl. The second-order valence-corrected chi connectivity index (χ2v) is 8.51. The summed E-state index contributed by atoms with van der Waals surface area (Å²) in [7, 11) is -3.74. The van der Waals surface area contributed by atoms with Crippen LogP contribution in [0.5, 0.6) is 0 Å². The molecule has 1 aromatic carbocycles. The van der Waals surface area contributed by atoms with Crippen molar-refractivity contribution >= 4 is 56.2 Å². The van der Waals surface area contributed by atoms with Gasteiger partial charge in [-0.3, -0.25) is 4.79 Å². The smallest absolute Gasteiger partial charge is 0.250 e. The van der Waals surface area contributed by atoms with Gasteiger partial charge in [-0.25, -0.2) is 13.1 Å². The molecule has 1 heterocycles. The van der Waals surface area contributed by atoms with Crippen molar-refractivity contribution in [1.82, 2.24) is 4.72 Å². The van der Waals surface area contributed by atoms with Crippen molar-refractivity contribution in [3.05, 3.63) is 45.3 Å². The molecule has 0 fully saturated rings. The van der Waals surface area contributed by atoms with Gasteiger partial charge in [0, 0.05) is 10.7 Å². The molecule has 0 aliphatic heterocycles. The van der Waals surface area contributed by atoms with Gasteiger partial charge in [0.05, 0.1) is 10.9 Å². The van der Waals surface area contributed by atoms with Gasteiger partial charge in [0.15, 0.2) is 0 Å². The van der Waals surface area contributed by atoms with Gasteiger partial charge < -0.3 is 5.32 Å². The topological polar surface area (TPSA) is 75.3 Å². The van der Waals surface area contributed by atoms with Crippen LogP contribution in [0.4, 0.5) is 5.69 Å². The molecule has 0 radical (unpaired) electrons. The summed E-state index contributed by atoms with van der Waals surface area (Å²) in [4.78, 5) is 11.8. The highest BCUT2D eigenvalue weighted by molar-refractivity contribution is 7.91. The quantitative estimate of drug-likeness (QED) is 0.837. The number of thiophene rings is 1. The number of hydrogen-bond donors (Lipinski definition) is 2. The first kappa shape index (κ1) is 17.2. The zero-order valence-corrected chi connectivity index (χ0v) is 14.5. The fourth-order valence-corrected chi connectivity index (χ4v) is 4.24. The summed E-state index contributed by atoms with van der Waals surface area (Å²) < 4.78 is 26.5. The van der Waals surface area contributed by atoms with E-state index in [1.807, 2.05) is 6.92 Å². The summed E-state index contributed by atoms with van der Waals surface area (Å²) in [6, 6.07) is 7.91. The number of benzene rings is 1. The summed E-state index contributed by atoms with van der Waals surface area (Å²) in [6.45, 7) is 1.46. The minimum absolute atomic E-state index is 0.0590. The predicted molar refractivity (Wildman–Crippen MR) is 89.3 cm³/mol. The lowest BCUT2D eigenvalue weighted by Gasteiger charge is -2.08. The Labute approximate surface area is 142 Å². The maximum atomic E-state index is 11.9. The molecule has 0 atom stereocenters. The molecule has 5 nitrogen and oxygen atoms in total. The number of anilines is 1. The van der Waals surface area contributed by atoms with Crippen molar-refractivity contribution in [2.75, 3.05) is 11.9 Å². The van der Waals surface area contributed by atoms with Crippen LogP contribution in [-0.2, 0) is 14.8 Å². The van der Waals surface area contributed by atoms with Crippen molar-refractivity contribution in [3.8, 4) is 0 Å². The van der Waals surface area contributed by atoms with E-state index in [9.17, 15) is 13.2 Å². The molecule has 2 N–H and O–H groups in total. The summed E-state index contributed by atoms with van der Waals surface area (Å²) in [6.07, 6.45) is 0. The lowest BCUT2D eigenvalue weighted by molar-refractivity contribution is -0.115. The second-order valence-electron chi connectivity index (χ2n) is 4.40. The van der Waals surface area contributed by atoms with Gasteiger partial charge in [0.1, 0.15) is 4.21 Å². The molecule has 0 unspecified atom stereocenters. The van der Waals surface area contributed by atoms with E-state index in [0.717, 1.165) is 16.9 Å². The van der Waals surface area contributed by atoms with Crippen LogP contribution in [0.2, 0.25) is 9.36 Å². The molecule has 0 saturated carbocycles. The van der Waals surface area contributed by atoms with Gasteiger partial charge in [-0.15, -0.1) is 11.3 Å². The predicted octanol–water partition coefficient (Wildman–Crippen LogP) is 3.28. The number of nitrogens with one attached hydrogen (secondary N) is 2. The monoisotopic (exact) mass is 378 g/mol. The van der Waals surface area contributed by atoms with E-state index in [-0.39, 0.29) is 10.8 Å². The molecule has 0 bridgehead atoms. The maximum absolute atomic E-state index is 11.9. The van der Waals surface area contributed by atoms with Crippen LogP contribution in [0.3, 0.4) is 0 Å². The molecule has 22 heavy (non-hydrogen) atoms. The Morgan fingerprint density at radius 1 is 1.23 bits per heavy atom. The summed E-state index contributed by atoms with van der Waals surface area (Å²) in [5.74, 6) is -0.494. The molecule has 0 aliphatic rings. The highest BCUT2D eigenvalue weighted by atomic mass is 35.5. The Balaban J connectivity index is 1.96. The zero-order chi connectivity index (χ0) is 16.3. The third-order valence-corrected chi connectivity index (χ3v) is 6.22. The molecule has 1 amide bonds. The van der Waals surface area contributed by atoms with Crippen molar-refractivity contribution in [2.24, 2.45) is 0 Å². The molecule has 0 spiro atoms. The van der Waals surface area contributed by atoms with Crippen molar-refractivity contribution in [3.63, 3.8) is 0 Å². The van der Waals surface area contributed by atoms with E-state index >= 15 is 0 Å². The first-order valence-corrected chi connectivity index (χ1v) is 9.14. The molecular formula is C13H12Cl2N2O3S2. The van der Waals surface area contributed by atoms with E-state index in [0.29, 0.717) is 15.0 Å². The number of aryl methyl sites for hydroxylation is 1. The molecule has 0 aliphatic carbocycles. The van der Waals surface area contributed by atoms with Crippen LogP contribution in [0.15, 0.2) is 34.5 Å². The molecule has 2 rings (SSSR count). The first-order valence-electron chi connectivity index (χ1n) is 6.09. The molecule has 2 aromatic rings. The number of hydrogen-bond acceptors (Lipinski definition) is 4. The molecule has 118 valence electrons. The lowest BCUT2D eigenvalue weighted by atomic mass is 10.2.